The first-order chi connectivity index (χ1) is 16.8. The van der Waals surface area contributed by atoms with Crippen LogP contribution in [0.1, 0.15) is 49.3 Å². The third-order valence-corrected chi connectivity index (χ3v) is 7.39. The number of rotatable bonds is 5. The number of aromatic amines is 1. The third kappa shape index (κ3) is 4.50. The summed E-state index contributed by atoms with van der Waals surface area (Å²) in [4.78, 5) is 34.3. The Morgan fingerprint density at radius 2 is 1.86 bits per heavy atom. The lowest BCUT2D eigenvalue weighted by Gasteiger charge is -2.38. The van der Waals surface area contributed by atoms with Crippen LogP contribution in [0.5, 0.6) is 5.75 Å². The Labute approximate surface area is 207 Å². The maximum atomic E-state index is 14.1. The number of hydrogen-bond donors (Lipinski definition) is 2. The van der Waals surface area contributed by atoms with E-state index < -0.39 is 5.92 Å². The van der Waals surface area contributed by atoms with E-state index in [1.807, 2.05) is 24.3 Å². The maximum Gasteiger partial charge on any atom is 0.257 e. The number of thioether (sulfide) groups is 1. The molecule has 0 radical (unpaired) electrons. The van der Waals surface area contributed by atoms with Gasteiger partial charge in [-0.05, 0) is 41.2 Å². The molecule has 0 saturated heterocycles. The molecule has 8 heteroatoms. The molecule has 35 heavy (non-hydrogen) atoms. The SMILES string of the molecule is COc1ccc(C2C3=C(CC(C)(C)CC3=O)Nc3nc(SCc4ccccc4F)[nH]c(=O)c32)cc1. The van der Waals surface area contributed by atoms with Crippen molar-refractivity contribution in [1.82, 2.24) is 9.97 Å². The van der Waals surface area contributed by atoms with Crippen LogP contribution >= 0.6 is 11.8 Å². The Hall–Kier alpha value is -3.39. The monoisotopic (exact) mass is 491 g/mol. The number of H-pyrrole nitrogens is 1. The van der Waals surface area contributed by atoms with Gasteiger partial charge in [-0.25, -0.2) is 9.37 Å². The molecule has 1 aliphatic heterocycles. The summed E-state index contributed by atoms with van der Waals surface area (Å²) in [5, 5.41) is 3.71. The second-order valence-electron chi connectivity index (χ2n) is 9.68. The molecule has 0 bridgehead atoms. The van der Waals surface area contributed by atoms with Crippen LogP contribution in [-0.2, 0) is 10.5 Å². The molecule has 2 heterocycles. The fourth-order valence-corrected chi connectivity index (χ4v) is 5.70. The number of ether oxygens (including phenoxy) is 1. The first kappa shape index (κ1) is 23.4. The van der Waals surface area contributed by atoms with Crippen LogP contribution in [0, 0.1) is 11.2 Å². The number of carbonyl (C=O) groups excluding carboxylic acids is 1. The van der Waals surface area contributed by atoms with E-state index in [9.17, 15) is 14.0 Å². The number of aromatic nitrogens is 2. The second-order valence-corrected chi connectivity index (χ2v) is 10.6. The van der Waals surface area contributed by atoms with Crippen LogP contribution in [0.15, 0.2) is 69.8 Å². The summed E-state index contributed by atoms with van der Waals surface area (Å²) in [7, 11) is 1.59. The Morgan fingerprint density at radius 3 is 2.57 bits per heavy atom. The highest BCUT2D eigenvalue weighted by atomic mass is 32.2. The minimum atomic E-state index is -0.530. The zero-order chi connectivity index (χ0) is 24.7. The molecule has 2 aromatic carbocycles. The van der Waals surface area contributed by atoms with Crippen molar-refractivity contribution in [3.8, 4) is 5.75 Å². The van der Waals surface area contributed by atoms with Gasteiger partial charge in [-0.3, -0.25) is 9.59 Å². The number of ketones is 1. The summed E-state index contributed by atoms with van der Waals surface area (Å²) in [6.07, 6.45) is 1.09. The van der Waals surface area contributed by atoms with E-state index in [0.717, 1.165) is 11.3 Å². The number of halogens is 1. The van der Waals surface area contributed by atoms with Gasteiger partial charge in [0.1, 0.15) is 17.4 Å². The van der Waals surface area contributed by atoms with Crippen molar-refractivity contribution < 1.29 is 13.9 Å². The van der Waals surface area contributed by atoms with Crippen LogP contribution in [0.25, 0.3) is 0 Å². The van der Waals surface area contributed by atoms with Crippen LogP contribution in [0.4, 0.5) is 10.2 Å². The molecule has 3 aromatic rings. The number of nitrogens with one attached hydrogen (secondary N) is 2. The number of nitrogens with zero attached hydrogens (tertiary/aromatic N) is 1. The molecule has 1 aromatic heterocycles. The molecule has 0 saturated carbocycles. The number of anilines is 1. The quantitative estimate of drug-likeness (QED) is 0.367. The van der Waals surface area contributed by atoms with Gasteiger partial charge < -0.3 is 15.0 Å². The molecular weight excluding hydrogens is 465 g/mol. The summed E-state index contributed by atoms with van der Waals surface area (Å²) in [6, 6.07) is 14.0. The third-order valence-electron chi connectivity index (χ3n) is 6.47. The molecule has 1 atom stereocenters. The number of Topliss-reactive ketones (excluding diaryl/α,β-unsaturated/α-hetero) is 1. The van der Waals surface area contributed by atoms with Crippen molar-refractivity contribution in [1.29, 1.82) is 0 Å². The molecule has 180 valence electrons. The Morgan fingerprint density at radius 1 is 1.11 bits per heavy atom. The zero-order valence-electron chi connectivity index (χ0n) is 19.8. The number of allylic oxidation sites excluding steroid dienone is 2. The standard InChI is InChI=1S/C27H26FN3O3S/c1-27(2)12-19-22(20(32)13-27)21(15-8-10-17(34-3)11-9-15)23-24(29-19)30-26(31-25(23)33)35-14-16-6-4-5-7-18(16)28/h4-11,21H,12-14H2,1-3H3,(H2,29,30,31,33). The molecule has 5 rings (SSSR count). The van der Waals surface area contributed by atoms with E-state index in [-0.39, 0.29) is 22.6 Å². The van der Waals surface area contributed by atoms with Crippen molar-refractivity contribution in [2.24, 2.45) is 5.41 Å². The lowest BCUT2D eigenvalue weighted by atomic mass is 9.69. The maximum absolute atomic E-state index is 14.1. The highest BCUT2D eigenvalue weighted by Gasteiger charge is 2.42. The van der Waals surface area contributed by atoms with Gasteiger partial charge in [0.05, 0.1) is 12.7 Å². The van der Waals surface area contributed by atoms with E-state index in [2.05, 4.69) is 24.1 Å². The summed E-state index contributed by atoms with van der Waals surface area (Å²) < 4.78 is 19.4. The fraction of sp³-hybridized carbons (Fsp3) is 0.296. The average Bonchev–Trinajstić information content (AvgIpc) is 2.81. The molecule has 1 unspecified atom stereocenters. The predicted molar refractivity (Wildman–Crippen MR) is 134 cm³/mol. The van der Waals surface area contributed by atoms with Crippen molar-refractivity contribution in [2.45, 2.75) is 43.5 Å². The van der Waals surface area contributed by atoms with Crippen LogP contribution < -0.4 is 15.6 Å². The fourth-order valence-electron chi connectivity index (χ4n) is 4.85. The summed E-state index contributed by atoms with van der Waals surface area (Å²) in [5.74, 6) is 0.673. The molecule has 0 spiro atoms. The van der Waals surface area contributed by atoms with Gasteiger partial charge in [0.25, 0.3) is 5.56 Å². The van der Waals surface area contributed by atoms with Crippen LogP contribution in [-0.4, -0.2) is 22.9 Å². The lowest BCUT2D eigenvalue weighted by Crippen LogP contribution is -2.37. The van der Waals surface area contributed by atoms with Crippen molar-refractivity contribution >= 4 is 23.4 Å². The molecule has 0 fully saturated rings. The summed E-state index contributed by atoms with van der Waals surface area (Å²) >= 11 is 1.26. The number of benzene rings is 2. The van der Waals surface area contributed by atoms with Gasteiger partial charge in [0.15, 0.2) is 10.9 Å². The molecule has 6 nitrogen and oxygen atoms in total. The van der Waals surface area contributed by atoms with Gasteiger partial charge in [-0.15, -0.1) is 0 Å². The molecule has 1 aliphatic carbocycles. The van der Waals surface area contributed by atoms with Crippen molar-refractivity contribution in [3.05, 3.63) is 92.7 Å². The van der Waals surface area contributed by atoms with Gasteiger partial charge in [-0.2, -0.15) is 0 Å². The first-order valence-corrected chi connectivity index (χ1v) is 12.4. The van der Waals surface area contributed by atoms with E-state index in [1.54, 1.807) is 25.3 Å². The lowest BCUT2D eigenvalue weighted by molar-refractivity contribution is -0.118. The highest BCUT2D eigenvalue weighted by molar-refractivity contribution is 7.98. The minimum absolute atomic E-state index is 0.0348. The highest BCUT2D eigenvalue weighted by Crippen LogP contribution is 2.47. The van der Waals surface area contributed by atoms with Gasteiger partial charge in [0.2, 0.25) is 0 Å². The Balaban J connectivity index is 1.58. The van der Waals surface area contributed by atoms with Crippen molar-refractivity contribution in [3.63, 3.8) is 0 Å². The van der Waals surface area contributed by atoms with Gasteiger partial charge >= 0.3 is 0 Å². The van der Waals surface area contributed by atoms with Crippen LogP contribution in [0.3, 0.4) is 0 Å². The Kier molecular flexibility index (Phi) is 6.01. The van der Waals surface area contributed by atoms with E-state index in [4.69, 9.17) is 9.72 Å². The van der Waals surface area contributed by atoms with Crippen molar-refractivity contribution in [2.75, 3.05) is 12.4 Å². The Bertz CT molecular complexity index is 1400. The molecule has 2 aliphatic rings. The molecule has 2 N–H and O–H groups in total. The molecule has 0 amide bonds. The summed E-state index contributed by atoms with van der Waals surface area (Å²) in [6.45, 7) is 4.13. The van der Waals surface area contributed by atoms with E-state index >= 15 is 0 Å². The van der Waals surface area contributed by atoms with E-state index in [0.29, 0.717) is 52.0 Å². The van der Waals surface area contributed by atoms with Gasteiger partial charge in [-0.1, -0.05) is 55.9 Å². The number of fused-ring (bicyclic) bond motifs is 1. The smallest absolute Gasteiger partial charge is 0.257 e. The normalized spacial score (nSPS) is 18.5. The largest absolute Gasteiger partial charge is 0.497 e. The zero-order valence-corrected chi connectivity index (χ0v) is 20.6. The number of hydrogen-bond acceptors (Lipinski definition) is 6. The predicted octanol–water partition coefficient (Wildman–Crippen LogP) is 5.41. The van der Waals surface area contributed by atoms with E-state index in [1.165, 1.54) is 17.8 Å². The van der Waals surface area contributed by atoms with Crippen LogP contribution in [0.2, 0.25) is 0 Å². The topological polar surface area (TPSA) is 84.1 Å². The molecular formula is C27H26FN3O3S. The first-order valence-electron chi connectivity index (χ1n) is 11.4. The average molecular weight is 492 g/mol. The van der Waals surface area contributed by atoms with Gasteiger partial charge in [0, 0.05) is 29.4 Å². The number of carbonyl (C=O) groups is 1. The minimum Gasteiger partial charge on any atom is -0.497 e. The summed E-state index contributed by atoms with van der Waals surface area (Å²) in [5.41, 5.74) is 2.69. The second kappa shape index (κ2) is 9.00. The number of methoxy groups -OCH3 is 1.